The molecule has 5 nitrogen and oxygen atoms in total. The van der Waals surface area contributed by atoms with Crippen LogP contribution in [0.4, 0.5) is 5.82 Å². The van der Waals surface area contributed by atoms with Gasteiger partial charge in [0.2, 0.25) is 10.0 Å². The molecular weight excluding hydrogens is 262 g/mol. The van der Waals surface area contributed by atoms with Crippen molar-refractivity contribution < 1.29 is 8.42 Å². The smallest absolute Gasteiger partial charge is 0.244 e. The summed E-state index contributed by atoms with van der Waals surface area (Å²) in [7, 11) is -3.38. The van der Waals surface area contributed by atoms with Gasteiger partial charge in [-0.25, -0.2) is 13.4 Å². The quantitative estimate of drug-likeness (QED) is 0.898. The summed E-state index contributed by atoms with van der Waals surface area (Å²) < 4.78 is 26.4. The van der Waals surface area contributed by atoms with Gasteiger partial charge in [-0.05, 0) is 38.3 Å². The lowest BCUT2D eigenvalue weighted by molar-refractivity contribution is 0.408. The number of rotatable bonds is 5. The number of nitrogens with one attached hydrogen (secondary N) is 1. The van der Waals surface area contributed by atoms with E-state index in [1.165, 1.54) is 6.20 Å². The van der Waals surface area contributed by atoms with E-state index in [1.54, 1.807) is 16.4 Å². The van der Waals surface area contributed by atoms with Crippen LogP contribution in [0.1, 0.15) is 33.1 Å². The van der Waals surface area contributed by atoms with E-state index in [2.05, 4.69) is 17.2 Å². The van der Waals surface area contributed by atoms with E-state index in [1.807, 2.05) is 6.92 Å². The van der Waals surface area contributed by atoms with Gasteiger partial charge < -0.3 is 5.32 Å². The van der Waals surface area contributed by atoms with E-state index in [-0.39, 0.29) is 10.9 Å². The largest absolute Gasteiger partial charge is 0.370 e. The molecular formula is C13H21N3O2S. The van der Waals surface area contributed by atoms with Crippen LogP contribution in [-0.4, -0.2) is 36.8 Å². The summed E-state index contributed by atoms with van der Waals surface area (Å²) >= 11 is 0. The Morgan fingerprint density at radius 2 is 2.26 bits per heavy atom. The van der Waals surface area contributed by atoms with Crippen LogP contribution < -0.4 is 5.32 Å². The maximum Gasteiger partial charge on any atom is 0.244 e. The number of anilines is 1. The first-order valence-electron chi connectivity index (χ1n) is 6.77. The van der Waals surface area contributed by atoms with Gasteiger partial charge in [-0.3, -0.25) is 0 Å². The molecule has 1 atom stereocenters. The molecule has 0 amide bonds. The Morgan fingerprint density at radius 3 is 2.79 bits per heavy atom. The summed E-state index contributed by atoms with van der Waals surface area (Å²) in [5, 5.41) is 3.13. The van der Waals surface area contributed by atoms with Gasteiger partial charge in [0.05, 0.1) is 0 Å². The van der Waals surface area contributed by atoms with E-state index in [4.69, 9.17) is 0 Å². The summed E-state index contributed by atoms with van der Waals surface area (Å²) in [4.78, 5) is 4.44. The Labute approximate surface area is 115 Å². The number of sulfonamides is 1. The number of pyridine rings is 1. The zero-order valence-corrected chi connectivity index (χ0v) is 12.3. The summed E-state index contributed by atoms with van der Waals surface area (Å²) in [6.07, 6.45) is 4.32. The number of hydrogen-bond acceptors (Lipinski definition) is 4. The van der Waals surface area contributed by atoms with Gasteiger partial charge in [0.25, 0.3) is 0 Å². The third-order valence-electron chi connectivity index (χ3n) is 3.39. The SMILES string of the molecule is CCCNc1ccc(S(=O)(=O)N2CCCC2C)cn1. The zero-order chi connectivity index (χ0) is 13.9. The minimum absolute atomic E-state index is 0.0860. The van der Waals surface area contributed by atoms with Crippen LogP contribution in [0.5, 0.6) is 0 Å². The lowest BCUT2D eigenvalue weighted by Crippen LogP contribution is -2.33. The lowest BCUT2D eigenvalue weighted by atomic mass is 10.3. The minimum Gasteiger partial charge on any atom is -0.370 e. The Kier molecular flexibility index (Phi) is 4.42. The van der Waals surface area contributed by atoms with Gasteiger partial charge in [0.1, 0.15) is 10.7 Å². The van der Waals surface area contributed by atoms with Gasteiger partial charge in [-0.2, -0.15) is 4.31 Å². The first-order chi connectivity index (χ1) is 9.05. The third-order valence-corrected chi connectivity index (χ3v) is 5.39. The average Bonchev–Trinajstić information content (AvgIpc) is 2.84. The van der Waals surface area contributed by atoms with Crippen LogP contribution in [0.15, 0.2) is 23.2 Å². The molecule has 19 heavy (non-hydrogen) atoms. The maximum atomic E-state index is 12.4. The predicted octanol–water partition coefficient (Wildman–Crippen LogP) is 2.08. The van der Waals surface area contributed by atoms with Gasteiger partial charge in [0.15, 0.2) is 0 Å². The fraction of sp³-hybridized carbons (Fsp3) is 0.615. The van der Waals surface area contributed by atoms with Gasteiger partial charge in [-0.1, -0.05) is 6.92 Å². The second kappa shape index (κ2) is 5.88. The molecule has 0 radical (unpaired) electrons. The molecule has 1 aliphatic heterocycles. The van der Waals surface area contributed by atoms with Crippen molar-refractivity contribution in [3.8, 4) is 0 Å². The van der Waals surface area contributed by atoms with Crippen LogP contribution in [-0.2, 0) is 10.0 Å². The topological polar surface area (TPSA) is 62.3 Å². The molecule has 0 aromatic carbocycles. The Bertz CT molecular complexity index is 513. The van der Waals surface area contributed by atoms with Crippen LogP contribution in [0.3, 0.4) is 0 Å². The molecule has 1 fully saturated rings. The molecule has 2 rings (SSSR count). The first kappa shape index (κ1) is 14.3. The van der Waals surface area contributed by atoms with E-state index in [0.717, 1.165) is 31.6 Å². The normalized spacial score (nSPS) is 20.6. The van der Waals surface area contributed by atoms with E-state index in [0.29, 0.717) is 6.54 Å². The molecule has 0 bridgehead atoms. The van der Waals surface area contributed by atoms with E-state index >= 15 is 0 Å². The van der Waals surface area contributed by atoms with Crippen molar-refractivity contribution in [1.82, 2.24) is 9.29 Å². The lowest BCUT2D eigenvalue weighted by Gasteiger charge is -2.20. The van der Waals surface area contributed by atoms with Crippen molar-refractivity contribution in [2.24, 2.45) is 0 Å². The van der Waals surface area contributed by atoms with Crippen LogP contribution in [0.25, 0.3) is 0 Å². The highest BCUT2D eigenvalue weighted by Gasteiger charge is 2.32. The number of hydrogen-bond donors (Lipinski definition) is 1. The van der Waals surface area contributed by atoms with Crippen molar-refractivity contribution >= 4 is 15.8 Å². The van der Waals surface area contributed by atoms with Crippen molar-refractivity contribution in [3.05, 3.63) is 18.3 Å². The molecule has 1 N–H and O–H groups in total. The summed E-state index contributed by atoms with van der Waals surface area (Å²) in [6, 6.07) is 3.44. The van der Waals surface area contributed by atoms with Gasteiger partial charge in [-0.15, -0.1) is 0 Å². The zero-order valence-electron chi connectivity index (χ0n) is 11.5. The Balaban J connectivity index is 2.16. The molecule has 0 spiro atoms. The van der Waals surface area contributed by atoms with Crippen LogP contribution in [0.2, 0.25) is 0 Å². The van der Waals surface area contributed by atoms with Crippen molar-refractivity contribution in [1.29, 1.82) is 0 Å². The number of aromatic nitrogens is 1. The highest BCUT2D eigenvalue weighted by atomic mass is 32.2. The Hall–Kier alpha value is -1.14. The van der Waals surface area contributed by atoms with Crippen molar-refractivity contribution in [2.45, 2.75) is 44.0 Å². The standard InChI is InChI=1S/C13H21N3O2S/c1-3-8-14-13-7-6-12(10-15-13)19(17,18)16-9-4-5-11(16)2/h6-7,10-11H,3-5,8-9H2,1-2H3,(H,14,15). The second-order valence-electron chi connectivity index (χ2n) is 4.91. The van der Waals surface area contributed by atoms with Gasteiger partial charge in [0, 0.05) is 25.3 Å². The molecule has 0 aliphatic carbocycles. The summed E-state index contributed by atoms with van der Waals surface area (Å²) in [5.41, 5.74) is 0. The highest BCUT2D eigenvalue weighted by Crippen LogP contribution is 2.25. The number of nitrogens with zero attached hydrogens (tertiary/aromatic N) is 2. The fourth-order valence-electron chi connectivity index (χ4n) is 2.29. The molecule has 0 saturated carbocycles. The maximum absolute atomic E-state index is 12.4. The van der Waals surface area contributed by atoms with Gasteiger partial charge >= 0.3 is 0 Å². The van der Waals surface area contributed by atoms with Crippen molar-refractivity contribution in [3.63, 3.8) is 0 Å². The van der Waals surface area contributed by atoms with Crippen LogP contribution in [0, 0.1) is 0 Å². The third kappa shape index (κ3) is 3.06. The monoisotopic (exact) mass is 283 g/mol. The molecule has 1 aromatic rings. The van der Waals surface area contributed by atoms with Crippen LogP contribution >= 0.6 is 0 Å². The Morgan fingerprint density at radius 1 is 1.47 bits per heavy atom. The fourth-order valence-corrected chi connectivity index (χ4v) is 3.94. The molecule has 1 unspecified atom stereocenters. The summed E-state index contributed by atoms with van der Waals surface area (Å²) in [6.45, 7) is 5.47. The highest BCUT2D eigenvalue weighted by molar-refractivity contribution is 7.89. The second-order valence-corrected chi connectivity index (χ2v) is 6.80. The van der Waals surface area contributed by atoms with E-state index < -0.39 is 10.0 Å². The molecule has 6 heteroatoms. The predicted molar refractivity (Wildman–Crippen MR) is 75.6 cm³/mol. The molecule has 106 valence electrons. The minimum atomic E-state index is -3.38. The van der Waals surface area contributed by atoms with E-state index in [9.17, 15) is 8.42 Å². The van der Waals surface area contributed by atoms with Crippen molar-refractivity contribution in [2.75, 3.05) is 18.4 Å². The molecule has 1 aliphatic rings. The summed E-state index contributed by atoms with van der Waals surface area (Å²) in [5.74, 6) is 0.718. The first-order valence-corrected chi connectivity index (χ1v) is 8.21. The average molecular weight is 283 g/mol. The molecule has 2 heterocycles. The molecule has 1 aromatic heterocycles. The molecule has 1 saturated heterocycles.